The van der Waals surface area contributed by atoms with Crippen molar-refractivity contribution in [1.29, 1.82) is 0 Å². The van der Waals surface area contributed by atoms with Crippen molar-refractivity contribution in [1.82, 2.24) is 25.2 Å². The third kappa shape index (κ3) is 2.19. The first kappa shape index (κ1) is 11.0. The second kappa shape index (κ2) is 4.56. The summed E-state index contributed by atoms with van der Waals surface area (Å²) >= 11 is 1.72. The maximum Gasteiger partial charge on any atom is 0.243 e. The Balaban J connectivity index is 2.08. The van der Waals surface area contributed by atoms with Gasteiger partial charge in [-0.1, -0.05) is 12.0 Å². The topological polar surface area (TPSA) is 68.5 Å². The van der Waals surface area contributed by atoms with Crippen LogP contribution in [0.25, 0.3) is 0 Å². The van der Waals surface area contributed by atoms with Crippen LogP contribution in [0.4, 0.5) is 5.95 Å². The van der Waals surface area contributed by atoms with Crippen molar-refractivity contribution < 1.29 is 0 Å². The van der Waals surface area contributed by atoms with Crippen molar-refractivity contribution in [2.24, 2.45) is 7.05 Å². The molecule has 2 aromatic rings. The van der Waals surface area contributed by atoms with Gasteiger partial charge in [0.1, 0.15) is 5.01 Å². The summed E-state index contributed by atoms with van der Waals surface area (Å²) in [5.41, 5.74) is 0. The van der Waals surface area contributed by atoms with E-state index in [0.717, 1.165) is 11.4 Å². The normalized spacial score (nSPS) is 12.7. The third-order valence-electron chi connectivity index (χ3n) is 2.26. The van der Waals surface area contributed by atoms with Gasteiger partial charge in [0.2, 0.25) is 5.95 Å². The molecule has 0 saturated carbocycles. The predicted octanol–water partition coefficient (Wildman–Crippen LogP) is 1.40. The van der Waals surface area contributed by atoms with E-state index in [1.807, 2.05) is 13.1 Å². The van der Waals surface area contributed by atoms with E-state index in [0.29, 0.717) is 5.95 Å². The highest BCUT2D eigenvalue weighted by molar-refractivity contribution is 7.11. The first-order valence-corrected chi connectivity index (χ1v) is 5.96. The lowest BCUT2D eigenvalue weighted by atomic mass is 10.3. The molecule has 0 aliphatic rings. The van der Waals surface area contributed by atoms with Crippen LogP contribution in [0, 0.1) is 0 Å². The molecule has 0 amide bonds. The van der Waals surface area contributed by atoms with Crippen molar-refractivity contribution in [3.05, 3.63) is 16.1 Å². The van der Waals surface area contributed by atoms with Gasteiger partial charge in [0.25, 0.3) is 0 Å². The van der Waals surface area contributed by atoms with Crippen molar-refractivity contribution in [2.75, 3.05) is 5.32 Å². The van der Waals surface area contributed by atoms with Gasteiger partial charge in [-0.15, -0.1) is 11.3 Å². The number of aromatic nitrogens is 5. The fraction of sp³-hybridized carbons (Fsp3) is 0.556. The first-order chi connectivity index (χ1) is 7.70. The second-order valence-electron chi connectivity index (χ2n) is 3.51. The fourth-order valence-corrected chi connectivity index (χ4v) is 2.15. The number of tetrazole rings is 1. The fourth-order valence-electron chi connectivity index (χ4n) is 1.29. The summed E-state index contributed by atoms with van der Waals surface area (Å²) in [7, 11) is 1.80. The zero-order valence-electron chi connectivity index (χ0n) is 9.51. The molecule has 0 bridgehead atoms. The Morgan fingerprint density at radius 1 is 1.56 bits per heavy atom. The molecule has 0 aromatic carbocycles. The molecule has 6 nitrogen and oxygen atoms in total. The van der Waals surface area contributed by atoms with Crippen LogP contribution in [-0.4, -0.2) is 25.2 Å². The predicted molar refractivity (Wildman–Crippen MR) is 62.3 cm³/mol. The molecule has 0 radical (unpaired) electrons. The van der Waals surface area contributed by atoms with Crippen LogP contribution < -0.4 is 5.32 Å². The van der Waals surface area contributed by atoms with E-state index in [2.05, 4.69) is 32.7 Å². The Morgan fingerprint density at radius 2 is 2.38 bits per heavy atom. The van der Waals surface area contributed by atoms with Crippen LogP contribution in [0.15, 0.2) is 6.20 Å². The maximum atomic E-state index is 4.38. The Bertz CT molecular complexity index is 462. The highest BCUT2D eigenvalue weighted by Crippen LogP contribution is 2.22. The lowest BCUT2D eigenvalue weighted by molar-refractivity contribution is 0.705. The highest BCUT2D eigenvalue weighted by Gasteiger charge is 2.12. The van der Waals surface area contributed by atoms with Gasteiger partial charge < -0.3 is 5.32 Å². The molecule has 2 aromatic heterocycles. The third-order valence-corrected chi connectivity index (χ3v) is 3.58. The number of aryl methyl sites for hydroxylation is 2. The van der Waals surface area contributed by atoms with Gasteiger partial charge >= 0.3 is 0 Å². The van der Waals surface area contributed by atoms with Gasteiger partial charge in [-0.3, -0.25) is 0 Å². The molecule has 2 rings (SSSR count). The lowest BCUT2D eigenvalue weighted by Crippen LogP contribution is -2.10. The summed E-state index contributed by atoms with van der Waals surface area (Å²) in [5, 5.41) is 15.5. The van der Waals surface area contributed by atoms with E-state index in [1.54, 1.807) is 23.1 Å². The van der Waals surface area contributed by atoms with Crippen LogP contribution in [0.2, 0.25) is 0 Å². The van der Waals surface area contributed by atoms with E-state index in [4.69, 9.17) is 0 Å². The number of thiazole rings is 1. The number of nitrogens with one attached hydrogen (secondary N) is 1. The minimum Gasteiger partial charge on any atom is -0.344 e. The summed E-state index contributed by atoms with van der Waals surface area (Å²) in [6.07, 6.45) is 2.95. The van der Waals surface area contributed by atoms with Crippen LogP contribution in [0.3, 0.4) is 0 Å². The first-order valence-electron chi connectivity index (χ1n) is 5.14. The van der Waals surface area contributed by atoms with E-state index in [-0.39, 0.29) is 6.04 Å². The smallest absolute Gasteiger partial charge is 0.243 e. The molecule has 86 valence electrons. The molecule has 16 heavy (non-hydrogen) atoms. The summed E-state index contributed by atoms with van der Waals surface area (Å²) in [4.78, 5) is 5.67. The molecule has 1 N–H and O–H groups in total. The Labute approximate surface area is 97.7 Å². The van der Waals surface area contributed by atoms with E-state index in [9.17, 15) is 0 Å². The van der Waals surface area contributed by atoms with E-state index >= 15 is 0 Å². The van der Waals surface area contributed by atoms with Gasteiger partial charge in [-0.25, -0.2) is 9.67 Å². The van der Waals surface area contributed by atoms with E-state index < -0.39 is 0 Å². The molecule has 7 heteroatoms. The lowest BCUT2D eigenvalue weighted by Gasteiger charge is -2.09. The van der Waals surface area contributed by atoms with Crippen molar-refractivity contribution >= 4 is 17.3 Å². The molecular formula is C9H14N6S. The van der Waals surface area contributed by atoms with E-state index in [1.165, 1.54) is 4.88 Å². The van der Waals surface area contributed by atoms with Gasteiger partial charge in [-0.2, -0.15) is 0 Å². The van der Waals surface area contributed by atoms with Crippen molar-refractivity contribution in [3.8, 4) is 0 Å². The molecule has 0 aliphatic carbocycles. The van der Waals surface area contributed by atoms with Gasteiger partial charge in [0, 0.05) is 18.1 Å². The van der Waals surface area contributed by atoms with Crippen LogP contribution in [0.1, 0.15) is 29.8 Å². The molecule has 0 fully saturated rings. The monoisotopic (exact) mass is 238 g/mol. The summed E-state index contributed by atoms with van der Waals surface area (Å²) in [6, 6.07) is 0.120. The average molecular weight is 238 g/mol. The summed E-state index contributed by atoms with van der Waals surface area (Å²) in [5.74, 6) is 0.653. The second-order valence-corrected chi connectivity index (χ2v) is 4.66. The van der Waals surface area contributed by atoms with Crippen molar-refractivity contribution in [2.45, 2.75) is 26.3 Å². The Kier molecular flexibility index (Phi) is 3.14. The number of anilines is 1. The van der Waals surface area contributed by atoms with Gasteiger partial charge in [0.05, 0.1) is 6.04 Å². The van der Waals surface area contributed by atoms with Crippen LogP contribution >= 0.6 is 11.3 Å². The number of rotatable bonds is 4. The quantitative estimate of drug-likeness (QED) is 0.872. The maximum absolute atomic E-state index is 4.38. The summed E-state index contributed by atoms with van der Waals surface area (Å²) < 4.78 is 1.60. The van der Waals surface area contributed by atoms with Crippen molar-refractivity contribution in [3.63, 3.8) is 0 Å². The number of hydrogen-bond donors (Lipinski definition) is 1. The average Bonchev–Trinajstić information content (AvgIpc) is 2.88. The standard InChI is InChI=1S/C9H14N6S/c1-4-7-5-10-8(16-7)6(2)11-9-12-13-14-15(9)3/h5-6H,4H2,1-3H3,(H,11,12,14). The molecule has 0 spiro atoms. The summed E-state index contributed by atoms with van der Waals surface area (Å²) in [6.45, 7) is 4.18. The zero-order valence-corrected chi connectivity index (χ0v) is 10.3. The SMILES string of the molecule is CCc1cnc(C(C)Nc2nnnn2C)s1. The Hall–Kier alpha value is -1.50. The Morgan fingerprint density at radius 3 is 2.94 bits per heavy atom. The molecule has 1 unspecified atom stereocenters. The number of nitrogens with zero attached hydrogens (tertiary/aromatic N) is 5. The molecular weight excluding hydrogens is 224 g/mol. The molecule has 2 heterocycles. The van der Waals surface area contributed by atoms with Gasteiger partial charge in [0.15, 0.2) is 0 Å². The molecule has 0 saturated heterocycles. The number of hydrogen-bond acceptors (Lipinski definition) is 6. The minimum atomic E-state index is 0.120. The van der Waals surface area contributed by atoms with Crippen LogP contribution in [-0.2, 0) is 13.5 Å². The van der Waals surface area contributed by atoms with Crippen LogP contribution in [0.5, 0.6) is 0 Å². The largest absolute Gasteiger partial charge is 0.344 e. The highest BCUT2D eigenvalue weighted by atomic mass is 32.1. The molecule has 0 aliphatic heterocycles. The zero-order chi connectivity index (χ0) is 11.5. The van der Waals surface area contributed by atoms with Gasteiger partial charge in [-0.05, 0) is 23.8 Å². The molecule has 1 atom stereocenters. The minimum absolute atomic E-state index is 0.120.